The van der Waals surface area contributed by atoms with Gasteiger partial charge in [0, 0.05) is 6.54 Å². The number of hydrogen-bond donors (Lipinski definition) is 1. The van der Waals surface area contributed by atoms with Crippen LogP contribution in [0.3, 0.4) is 0 Å². The molecule has 20 heavy (non-hydrogen) atoms. The second kappa shape index (κ2) is 5.74. The van der Waals surface area contributed by atoms with Gasteiger partial charge in [-0.1, -0.05) is 18.3 Å². The molecular weight excluding hydrogens is 294 g/mol. The fraction of sp³-hybridized carbons (Fsp3) is 0.333. The van der Waals surface area contributed by atoms with Crippen LogP contribution in [0.1, 0.15) is 23.1 Å². The molecule has 1 N–H and O–H groups in total. The summed E-state index contributed by atoms with van der Waals surface area (Å²) in [6, 6.07) is 2.45. The smallest absolute Gasteiger partial charge is 0.356 e. The van der Waals surface area contributed by atoms with Crippen LogP contribution in [0.25, 0.3) is 0 Å². The van der Waals surface area contributed by atoms with Crippen molar-refractivity contribution in [1.29, 1.82) is 0 Å². The Hall–Kier alpha value is -1.70. The van der Waals surface area contributed by atoms with Gasteiger partial charge in [0.05, 0.1) is 5.56 Å². The largest absolute Gasteiger partial charge is 0.416 e. The van der Waals surface area contributed by atoms with E-state index in [9.17, 15) is 17.6 Å². The quantitative estimate of drug-likeness (QED) is 0.871. The summed E-state index contributed by atoms with van der Waals surface area (Å²) in [4.78, 5) is 0. The maximum Gasteiger partial charge on any atom is 0.416 e. The number of nitrogens with zero attached hydrogens (tertiary/aromatic N) is 2. The number of alkyl halides is 3. The molecule has 108 valence electrons. The Morgan fingerprint density at radius 1 is 1.20 bits per heavy atom. The average molecular weight is 305 g/mol. The Morgan fingerprint density at radius 2 is 1.95 bits per heavy atom. The van der Waals surface area contributed by atoms with Gasteiger partial charge in [0.25, 0.3) is 0 Å². The van der Waals surface area contributed by atoms with Crippen LogP contribution >= 0.6 is 11.3 Å². The van der Waals surface area contributed by atoms with Crippen LogP contribution in [0.5, 0.6) is 0 Å². The molecule has 0 unspecified atom stereocenters. The summed E-state index contributed by atoms with van der Waals surface area (Å²) in [7, 11) is 0. The Balaban J connectivity index is 2.11. The number of nitrogens with one attached hydrogen (secondary N) is 1. The van der Waals surface area contributed by atoms with Gasteiger partial charge in [-0.2, -0.15) is 13.2 Å². The first-order valence-electron chi connectivity index (χ1n) is 5.81. The predicted octanol–water partition coefficient (Wildman–Crippen LogP) is 3.87. The number of benzene rings is 1. The van der Waals surface area contributed by atoms with Gasteiger partial charge in [-0.3, -0.25) is 0 Å². The number of rotatable bonds is 4. The van der Waals surface area contributed by atoms with E-state index in [1.165, 1.54) is 11.3 Å². The molecule has 1 heterocycles. The minimum Gasteiger partial charge on any atom is -0.356 e. The lowest BCUT2D eigenvalue weighted by Crippen LogP contribution is -2.08. The number of anilines is 1. The van der Waals surface area contributed by atoms with Gasteiger partial charge in [-0.05, 0) is 30.2 Å². The molecule has 0 saturated heterocycles. The summed E-state index contributed by atoms with van der Waals surface area (Å²) in [6.45, 7) is 1.98. The van der Waals surface area contributed by atoms with Crippen molar-refractivity contribution in [2.45, 2.75) is 26.1 Å². The molecule has 0 aliphatic carbocycles. The first-order valence-corrected chi connectivity index (χ1v) is 6.63. The third kappa shape index (κ3) is 3.66. The van der Waals surface area contributed by atoms with E-state index in [2.05, 4.69) is 15.5 Å². The lowest BCUT2D eigenvalue weighted by Gasteiger charge is -2.09. The van der Waals surface area contributed by atoms with Crippen LogP contribution in [-0.4, -0.2) is 10.2 Å². The molecular formula is C12H11F4N3S. The maximum absolute atomic E-state index is 13.2. The lowest BCUT2D eigenvalue weighted by atomic mass is 10.1. The molecule has 0 spiro atoms. The molecule has 1 aromatic heterocycles. The van der Waals surface area contributed by atoms with Crippen molar-refractivity contribution in [3.63, 3.8) is 0 Å². The van der Waals surface area contributed by atoms with Crippen LogP contribution in [-0.2, 0) is 19.1 Å². The van der Waals surface area contributed by atoms with Gasteiger partial charge in [0.15, 0.2) is 0 Å². The molecule has 0 saturated carbocycles. The van der Waals surface area contributed by atoms with Crippen molar-refractivity contribution in [2.24, 2.45) is 0 Å². The molecule has 2 rings (SSSR count). The van der Waals surface area contributed by atoms with Crippen LogP contribution < -0.4 is 5.32 Å². The zero-order valence-corrected chi connectivity index (χ0v) is 11.3. The Morgan fingerprint density at radius 3 is 2.55 bits per heavy atom. The molecule has 0 atom stereocenters. The van der Waals surface area contributed by atoms with Crippen LogP contribution in [0.4, 0.5) is 22.7 Å². The molecule has 0 bridgehead atoms. The second-order valence-electron chi connectivity index (χ2n) is 4.05. The number of aromatic nitrogens is 2. The summed E-state index contributed by atoms with van der Waals surface area (Å²) in [5, 5.41) is 11.9. The molecule has 0 aliphatic heterocycles. The fourth-order valence-corrected chi connectivity index (χ4v) is 2.24. The molecule has 8 heteroatoms. The highest BCUT2D eigenvalue weighted by atomic mass is 32.1. The van der Waals surface area contributed by atoms with Crippen molar-refractivity contribution < 1.29 is 17.6 Å². The minimum absolute atomic E-state index is 0.0547. The molecule has 3 nitrogen and oxygen atoms in total. The summed E-state index contributed by atoms with van der Waals surface area (Å²) >= 11 is 1.32. The van der Waals surface area contributed by atoms with Crippen LogP contribution in [0.15, 0.2) is 18.2 Å². The van der Waals surface area contributed by atoms with E-state index in [0.29, 0.717) is 11.2 Å². The lowest BCUT2D eigenvalue weighted by molar-refractivity contribution is -0.137. The molecule has 0 fully saturated rings. The highest BCUT2D eigenvalue weighted by molar-refractivity contribution is 7.15. The van der Waals surface area contributed by atoms with E-state index >= 15 is 0 Å². The first kappa shape index (κ1) is 14.7. The third-order valence-electron chi connectivity index (χ3n) is 2.50. The molecule has 2 aromatic rings. The van der Waals surface area contributed by atoms with E-state index in [4.69, 9.17) is 0 Å². The molecule has 1 aromatic carbocycles. The van der Waals surface area contributed by atoms with E-state index in [0.717, 1.165) is 23.6 Å². The van der Waals surface area contributed by atoms with Crippen molar-refractivity contribution in [3.05, 3.63) is 40.2 Å². The normalized spacial score (nSPS) is 11.7. The van der Waals surface area contributed by atoms with Crippen molar-refractivity contribution in [1.82, 2.24) is 10.2 Å². The summed E-state index contributed by atoms with van der Waals surface area (Å²) in [6.07, 6.45) is -3.83. The van der Waals surface area contributed by atoms with Crippen molar-refractivity contribution in [2.75, 3.05) is 5.32 Å². The second-order valence-corrected chi connectivity index (χ2v) is 5.12. The SMILES string of the molecule is CCc1nnc(NCc2cc(F)cc(C(F)(F)F)c2)s1. The van der Waals surface area contributed by atoms with Gasteiger partial charge in [0.1, 0.15) is 10.8 Å². The number of hydrogen-bond acceptors (Lipinski definition) is 4. The van der Waals surface area contributed by atoms with Gasteiger partial charge < -0.3 is 5.32 Å². The van der Waals surface area contributed by atoms with Gasteiger partial charge in [-0.25, -0.2) is 4.39 Å². The van der Waals surface area contributed by atoms with E-state index in [-0.39, 0.29) is 12.1 Å². The summed E-state index contributed by atoms with van der Waals surface area (Å²) < 4.78 is 50.8. The Labute approximate surface area is 116 Å². The standard InChI is InChI=1S/C12H11F4N3S/c1-2-10-18-19-11(20-10)17-6-7-3-8(12(14,15)16)5-9(13)4-7/h3-5H,2,6H2,1H3,(H,17,19). The zero-order valence-electron chi connectivity index (χ0n) is 10.5. The van der Waals surface area contributed by atoms with Crippen molar-refractivity contribution in [3.8, 4) is 0 Å². The third-order valence-corrected chi connectivity index (χ3v) is 3.52. The Bertz CT molecular complexity index is 595. The highest BCUT2D eigenvalue weighted by Gasteiger charge is 2.31. The topological polar surface area (TPSA) is 37.8 Å². The Kier molecular flexibility index (Phi) is 4.22. The van der Waals surface area contributed by atoms with E-state index < -0.39 is 17.6 Å². The van der Waals surface area contributed by atoms with Crippen LogP contribution in [0, 0.1) is 5.82 Å². The minimum atomic E-state index is -4.56. The van der Waals surface area contributed by atoms with Crippen molar-refractivity contribution >= 4 is 16.5 Å². The van der Waals surface area contributed by atoms with E-state index in [1.54, 1.807) is 0 Å². The summed E-state index contributed by atoms with van der Waals surface area (Å²) in [5.74, 6) is -0.914. The average Bonchev–Trinajstić information content (AvgIpc) is 2.82. The number of aryl methyl sites for hydroxylation is 1. The van der Waals surface area contributed by atoms with Gasteiger partial charge in [-0.15, -0.1) is 10.2 Å². The summed E-state index contributed by atoms with van der Waals surface area (Å²) in [5.41, 5.74) is -0.800. The predicted molar refractivity (Wildman–Crippen MR) is 68.0 cm³/mol. The maximum atomic E-state index is 13.2. The molecule has 0 amide bonds. The molecule has 0 aliphatic rings. The highest BCUT2D eigenvalue weighted by Crippen LogP contribution is 2.30. The van der Waals surface area contributed by atoms with Gasteiger partial charge in [0.2, 0.25) is 5.13 Å². The monoisotopic (exact) mass is 305 g/mol. The first-order chi connectivity index (χ1) is 9.38. The van der Waals surface area contributed by atoms with E-state index in [1.807, 2.05) is 6.92 Å². The van der Waals surface area contributed by atoms with Crippen LogP contribution in [0.2, 0.25) is 0 Å². The fourth-order valence-electron chi connectivity index (χ4n) is 1.56. The zero-order chi connectivity index (χ0) is 14.8. The number of halogens is 4. The van der Waals surface area contributed by atoms with Gasteiger partial charge >= 0.3 is 6.18 Å². The molecule has 0 radical (unpaired) electrons.